The van der Waals surface area contributed by atoms with Crippen LogP contribution in [0.15, 0.2) is 4.52 Å². The number of amides is 1. The molecule has 118 valence electrons. The van der Waals surface area contributed by atoms with E-state index in [-0.39, 0.29) is 16.9 Å². The van der Waals surface area contributed by atoms with Crippen molar-refractivity contribution in [2.45, 2.75) is 58.5 Å². The minimum absolute atomic E-state index is 0.113. The standard InChI is InChI=1S/C15H25N3O3/c1-14(2,3)13-16-11(21-17-13)6-7-12(19)18-8-9-20-15(4,5)10-18/h6-10H2,1-5H3. The molecule has 2 heterocycles. The van der Waals surface area contributed by atoms with Crippen LogP contribution in [0.4, 0.5) is 0 Å². The zero-order valence-electron chi connectivity index (χ0n) is 13.6. The molecule has 0 aliphatic carbocycles. The van der Waals surface area contributed by atoms with Crippen LogP contribution in [0.2, 0.25) is 0 Å². The van der Waals surface area contributed by atoms with Crippen LogP contribution < -0.4 is 0 Å². The minimum atomic E-state index is -0.266. The van der Waals surface area contributed by atoms with Crippen molar-refractivity contribution < 1.29 is 14.1 Å². The molecule has 1 aromatic rings. The van der Waals surface area contributed by atoms with Gasteiger partial charge >= 0.3 is 0 Å². The Kier molecular flexibility index (Phi) is 4.37. The smallest absolute Gasteiger partial charge is 0.227 e. The number of aryl methyl sites for hydroxylation is 1. The lowest BCUT2D eigenvalue weighted by atomic mass is 9.96. The highest BCUT2D eigenvalue weighted by Crippen LogP contribution is 2.20. The van der Waals surface area contributed by atoms with Crippen molar-refractivity contribution in [1.29, 1.82) is 0 Å². The van der Waals surface area contributed by atoms with E-state index in [0.717, 1.165) is 0 Å². The number of hydrogen-bond acceptors (Lipinski definition) is 5. The molecular weight excluding hydrogens is 270 g/mol. The summed E-state index contributed by atoms with van der Waals surface area (Å²) in [6.07, 6.45) is 0.877. The summed E-state index contributed by atoms with van der Waals surface area (Å²) >= 11 is 0. The van der Waals surface area contributed by atoms with E-state index in [0.29, 0.717) is 44.3 Å². The van der Waals surface area contributed by atoms with Gasteiger partial charge < -0.3 is 14.2 Å². The predicted octanol–water partition coefficient (Wildman–Crippen LogP) is 1.94. The maximum absolute atomic E-state index is 12.2. The zero-order valence-corrected chi connectivity index (χ0v) is 13.6. The van der Waals surface area contributed by atoms with Gasteiger partial charge in [-0.1, -0.05) is 25.9 Å². The van der Waals surface area contributed by atoms with Gasteiger partial charge in [0.05, 0.1) is 12.2 Å². The highest BCUT2D eigenvalue weighted by Gasteiger charge is 2.30. The molecule has 0 N–H and O–H groups in total. The Morgan fingerprint density at radius 2 is 2.10 bits per heavy atom. The monoisotopic (exact) mass is 295 g/mol. The van der Waals surface area contributed by atoms with E-state index in [1.165, 1.54) is 0 Å². The summed E-state index contributed by atoms with van der Waals surface area (Å²) in [5, 5.41) is 3.97. The summed E-state index contributed by atoms with van der Waals surface area (Å²) in [5.74, 6) is 1.32. The molecule has 0 spiro atoms. The Morgan fingerprint density at radius 3 is 2.67 bits per heavy atom. The highest BCUT2D eigenvalue weighted by atomic mass is 16.5. The summed E-state index contributed by atoms with van der Waals surface area (Å²) in [6.45, 7) is 12.0. The number of carbonyl (C=O) groups is 1. The van der Waals surface area contributed by atoms with Gasteiger partial charge in [-0.25, -0.2) is 0 Å². The zero-order chi connectivity index (χ0) is 15.7. The Morgan fingerprint density at radius 1 is 1.38 bits per heavy atom. The summed E-state index contributed by atoms with van der Waals surface area (Å²) in [6, 6.07) is 0. The molecule has 6 heteroatoms. The predicted molar refractivity (Wildman–Crippen MR) is 77.9 cm³/mol. The number of rotatable bonds is 3. The molecule has 0 radical (unpaired) electrons. The molecule has 0 bridgehead atoms. The fraction of sp³-hybridized carbons (Fsp3) is 0.800. The number of morpholine rings is 1. The van der Waals surface area contributed by atoms with Gasteiger partial charge in [-0.3, -0.25) is 4.79 Å². The normalized spacial score (nSPS) is 18.8. The van der Waals surface area contributed by atoms with Crippen LogP contribution in [0.3, 0.4) is 0 Å². The number of nitrogens with zero attached hydrogens (tertiary/aromatic N) is 3. The number of aromatic nitrogens is 2. The van der Waals surface area contributed by atoms with E-state index < -0.39 is 0 Å². The van der Waals surface area contributed by atoms with E-state index in [1.54, 1.807) is 0 Å². The second-order valence-electron chi connectivity index (χ2n) is 7.19. The molecule has 6 nitrogen and oxygen atoms in total. The van der Waals surface area contributed by atoms with Gasteiger partial charge in [-0.2, -0.15) is 4.98 Å². The second kappa shape index (κ2) is 5.75. The summed E-state index contributed by atoms with van der Waals surface area (Å²) in [4.78, 5) is 18.4. The summed E-state index contributed by atoms with van der Waals surface area (Å²) < 4.78 is 10.8. The molecule has 0 atom stereocenters. The van der Waals surface area contributed by atoms with Gasteiger partial charge in [0.2, 0.25) is 11.8 Å². The largest absolute Gasteiger partial charge is 0.372 e. The Hall–Kier alpha value is -1.43. The van der Waals surface area contributed by atoms with Crippen LogP contribution >= 0.6 is 0 Å². The summed E-state index contributed by atoms with van der Waals surface area (Å²) in [5.41, 5.74) is -0.405. The quantitative estimate of drug-likeness (QED) is 0.852. The van der Waals surface area contributed by atoms with Crippen molar-refractivity contribution >= 4 is 5.91 Å². The molecule has 1 aliphatic rings. The maximum Gasteiger partial charge on any atom is 0.227 e. The third-order valence-corrected chi connectivity index (χ3v) is 3.47. The fourth-order valence-corrected chi connectivity index (χ4v) is 2.26. The van der Waals surface area contributed by atoms with E-state index in [4.69, 9.17) is 9.26 Å². The van der Waals surface area contributed by atoms with Gasteiger partial charge in [0.1, 0.15) is 0 Å². The van der Waals surface area contributed by atoms with Gasteiger partial charge in [0.25, 0.3) is 0 Å². The first-order chi connectivity index (χ1) is 9.67. The fourth-order valence-electron chi connectivity index (χ4n) is 2.26. The van der Waals surface area contributed by atoms with Crippen molar-refractivity contribution in [3.8, 4) is 0 Å². The molecule has 21 heavy (non-hydrogen) atoms. The van der Waals surface area contributed by atoms with Crippen molar-refractivity contribution in [2.75, 3.05) is 19.7 Å². The number of hydrogen-bond donors (Lipinski definition) is 0. The molecule has 2 rings (SSSR count). The van der Waals surface area contributed by atoms with Gasteiger partial charge in [0, 0.05) is 31.3 Å². The molecule has 0 unspecified atom stereocenters. The van der Waals surface area contributed by atoms with Crippen LogP contribution in [0.5, 0.6) is 0 Å². The molecule has 1 fully saturated rings. The molecule has 1 saturated heterocycles. The molecule has 0 aromatic carbocycles. The van der Waals surface area contributed by atoms with Crippen molar-refractivity contribution in [1.82, 2.24) is 15.0 Å². The minimum Gasteiger partial charge on any atom is -0.372 e. The molecule has 1 aliphatic heterocycles. The van der Waals surface area contributed by atoms with Crippen LogP contribution in [-0.4, -0.2) is 46.2 Å². The van der Waals surface area contributed by atoms with E-state index in [1.807, 2.05) is 39.5 Å². The lowest BCUT2D eigenvalue weighted by molar-refractivity contribution is -0.145. The first kappa shape index (κ1) is 15.9. The first-order valence-electron chi connectivity index (χ1n) is 7.42. The topological polar surface area (TPSA) is 68.5 Å². The van der Waals surface area contributed by atoms with Gasteiger partial charge in [0.15, 0.2) is 5.82 Å². The lowest BCUT2D eigenvalue weighted by Crippen LogP contribution is -2.50. The third kappa shape index (κ3) is 4.27. The average Bonchev–Trinajstić information content (AvgIpc) is 2.83. The molecule has 0 saturated carbocycles. The van der Waals surface area contributed by atoms with Gasteiger partial charge in [-0.15, -0.1) is 0 Å². The first-order valence-corrected chi connectivity index (χ1v) is 7.42. The number of carbonyl (C=O) groups excluding carboxylic acids is 1. The Balaban J connectivity index is 1.88. The molecule has 1 aromatic heterocycles. The van der Waals surface area contributed by atoms with Crippen LogP contribution in [0.25, 0.3) is 0 Å². The lowest BCUT2D eigenvalue weighted by Gasteiger charge is -2.38. The molecular formula is C15H25N3O3. The Bertz CT molecular complexity index is 503. The van der Waals surface area contributed by atoms with E-state index in [9.17, 15) is 4.79 Å². The third-order valence-electron chi connectivity index (χ3n) is 3.47. The summed E-state index contributed by atoms with van der Waals surface area (Å²) in [7, 11) is 0. The van der Waals surface area contributed by atoms with Crippen LogP contribution in [0, 0.1) is 0 Å². The van der Waals surface area contributed by atoms with Crippen molar-refractivity contribution in [3.63, 3.8) is 0 Å². The van der Waals surface area contributed by atoms with Crippen molar-refractivity contribution in [2.24, 2.45) is 0 Å². The number of ether oxygens (including phenoxy) is 1. The van der Waals surface area contributed by atoms with Crippen LogP contribution in [-0.2, 0) is 21.4 Å². The van der Waals surface area contributed by atoms with E-state index >= 15 is 0 Å². The van der Waals surface area contributed by atoms with Crippen molar-refractivity contribution in [3.05, 3.63) is 11.7 Å². The highest BCUT2D eigenvalue weighted by molar-refractivity contribution is 5.76. The average molecular weight is 295 g/mol. The SMILES string of the molecule is CC1(C)CN(C(=O)CCc2nc(C(C)(C)C)no2)CCO1. The van der Waals surface area contributed by atoms with Crippen LogP contribution in [0.1, 0.15) is 52.8 Å². The maximum atomic E-state index is 12.2. The Labute approximate surface area is 125 Å². The van der Waals surface area contributed by atoms with E-state index in [2.05, 4.69) is 10.1 Å². The molecule has 1 amide bonds. The van der Waals surface area contributed by atoms with Gasteiger partial charge in [-0.05, 0) is 13.8 Å². The second-order valence-corrected chi connectivity index (χ2v) is 7.19.